The Bertz CT molecular complexity index is 630. The van der Waals surface area contributed by atoms with Gasteiger partial charge in [-0.3, -0.25) is 9.40 Å². The molecule has 0 amide bonds. The van der Waals surface area contributed by atoms with Gasteiger partial charge in [0.25, 0.3) is 10.0 Å². The number of rotatable bonds is 4. The van der Waals surface area contributed by atoms with Crippen LogP contribution in [0.1, 0.15) is 12.5 Å². The fourth-order valence-electron chi connectivity index (χ4n) is 1.52. The van der Waals surface area contributed by atoms with Crippen molar-refractivity contribution >= 4 is 15.7 Å². The molecule has 0 saturated carbocycles. The highest BCUT2D eigenvalue weighted by molar-refractivity contribution is 7.92. The van der Waals surface area contributed by atoms with Gasteiger partial charge in [0.15, 0.2) is 0 Å². The van der Waals surface area contributed by atoms with E-state index in [9.17, 15) is 8.42 Å². The molecule has 6 heteroatoms. The van der Waals surface area contributed by atoms with Crippen LogP contribution >= 0.6 is 0 Å². The summed E-state index contributed by atoms with van der Waals surface area (Å²) in [5.74, 6) is 0. The molecule has 1 N–H and O–H groups in total. The largest absolute Gasteiger partial charge is 0.276 e. The number of hydrogen-bond donors (Lipinski definition) is 1. The first-order valence-electron chi connectivity index (χ1n) is 5.63. The van der Waals surface area contributed by atoms with Gasteiger partial charge < -0.3 is 0 Å². The Kier molecular flexibility index (Phi) is 3.38. The number of hydrogen-bond acceptors (Lipinski definition) is 3. The molecule has 18 heavy (non-hydrogen) atoms. The maximum absolute atomic E-state index is 12.1. The fraction of sp³-hybridized carbons (Fsp3) is 0.250. The molecule has 1 aromatic heterocycles. The summed E-state index contributed by atoms with van der Waals surface area (Å²) in [5, 5.41) is 4.02. The first kappa shape index (κ1) is 12.6. The predicted molar refractivity (Wildman–Crippen MR) is 69.9 cm³/mol. The van der Waals surface area contributed by atoms with Crippen LogP contribution in [0.15, 0.2) is 41.6 Å². The molecule has 0 aliphatic rings. The molecular formula is C12H15N3O2S. The van der Waals surface area contributed by atoms with Gasteiger partial charge >= 0.3 is 0 Å². The average molecular weight is 265 g/mol. The van der Waals surface area contributed by atoms with Crippen LogP contribution in [0.4, 0.5) is 5.69 Å². The van der Waals surface area contributed by atoms with Gasteiger partial charge in [-0.15, -0.1) is 0 Å². The molecule has 0 fully saturated rings. The molecule has 5 nitrogen and oxygen atoms in total. The van der Waals surface area contributed by atoms with Crippen LogP contribution in [-0.2, 0) is 16.6 Å². The minimum atomic E-state index is -3.53. The lowest BCUT2D eigenvalue weighted by Gasteiger charge is -2.05. The lowest BCUT2D eigenvalue weighted by atomic mass is 10.2. The Balaban J connectivity index is 2.24. The third-order valence-corrected chi connectivity index (χ3v) is 3.94. The monoisotopic (exact) mass is 265 g/mol. The van der Waals surface area contributed by atoms with Crippen LogP contribution in [0, 0.1) is 6.92 Å². The highest BCUT2D eigenvalue weighted by Gasteiger charge is 2.14. The number of aromatic nitrogens is 2. The Labute approximate surface area is 107 Å². The molecular weight excluding hydrogens is 250 g/mol. The SMILES string of the molecule is CCn1cc(NS(=O)(=O)c2ccc(C)cc2)cn1. The molecule has 0 aliphatic heterocycles. The molecule has 0 unspecified atom stereocenters. The van der Waals surface area contributed by atoms with E-state index in [4.69, 9.17) is 0 Å². The number of nitrogens with one attached hydrogen (secondary N) is 1. The lowest BCUT2D eigenvalue weighted by Crippen LogP contribution is -2.12. The van der Waals surface area contributed by atoms with Crippen LogP contribution in [0.2, 0.25) is 0 Å². The van der Waals surface area contributed by atoms with Gasteiger partial charge in [-0.05, 0) is 26.0 Å². The van der Waals surface area contributed by atoms with E-state index in [2.05, 4.69) is 9.82 Å². The molecule has 0 saturated heterocycles. The molecule has 96 valence electrons. The van der Waals surface area contributed by atoms with E-state index in [1.165, 1.54) is 6.20 Å². The molecule has 1 aromatic carbocycles. The minimum Gasteiger partial charge on any atom is -0.276 e. The van der Waals surface area contributed by atoms with Crippen molar-refractivity contribution in [1.29, 1.82) is 0 Å². The van der Waals surface area contributed by atoms with Crippen molar-refractivity contribution in [3.8, 4) is 0 Å². The highest BCUT2D eigenvalue weighted by atomic mass is 32.2. The third kappa shape index (κ3) is 2.70. The van der Waals surface area contributed by atoms with Crippen molar-refractivity contribution in [2.45, 2.75) is 25.3 Å². The summed E-state index contributed by atoms with van der Waals surface area (Å²) >= 11 is 0. The quantitative estimate of drug-likeness (QED) is 0.919. The summed E-state index contributed by atoms with van der Waals surface area (Å²) in [7, 11) is -3.53. The smallest absolute Gasteiger partial charge is 0.261 e. The Hall–Kier alpha value is -1.82. The van der Waals surface area contributed by atoms with Crippen molar-refractivity contribution in [3.05, 3.63) is 42.2 Å². The summed E-state index contributed by atoms with van der Waals surface area (Å²) in [6.07, 6.45) is 3.15. The van der Waals surface area contributed by atoms with Crippen molar-refractivity contribution in [1.82, 2.24) is 9.78 Å². The van der Waals surface area contributed by atoms with E-state index < -0.39 is 10.0 Å². The second-order valence-corrected chi connectivity index (χ2v) is 5.69. The van der Waals surface area contributed by atoms with Gasteiger partial charge in [0, 0.05) is 12.7 Å². The second kappa shape index (κ2) is 4.81. The van der Waals surface area contributed by atoms with Crippen molar-refractivity contribution in [2.75, 3.05) is 4.72 Å². The van der Waals surface area contributed by atoms with Crippen molar-refractivity contribution in [2.24, 2.45) is 0 Å². The molecule has 0 atom stereocenters. The number of sulfonamides is 1. The number of aryl methyl sites for hydroxylation is 2. The fourth-order valence-corrected chi connectivity index (χ4v) is 2.55. The predicted octanol–water partition coefficient (Wildman–Crippen LogP) is 2.01. The van der Waals surface area contributed by atoms with Gasteiger partial charge in [0.1, 0.15) is 0 Å². The van der Waals surface area contributed by atoms with Crippen molar-refractivity contribution < 1.29 is 8.42 Å². The van der Waals surface area contributed by atoms with Crippen LogP contribution in [0.3, 0.4) is 0 Å². The normalized spacial score (nSPS) is 11.4. The van der Waals surface area contributed by atoms with Gasteiger partial charge in [0.2, 0.25) is 0 Å². The highest BCUT2D eigenvalue weighted by Crippen LogP contribution is 2.15. The molecule has 2 aromatic rings. The zero-order valence-corrected chi connectivity index (χ0v) is 11.1. The first-order valence-corrected chi connectivity index (χ1v) is 7.11. The molecule has 0 radical (unpaired) electrons. The number of anilines is 1. The van der Waals surface area contributed by atoms with E-state index in [0.717, 1.165) is 5.56 Å². The standard InChI is InChI=1S/C12H15N3O2S/c1-3-15-9-11(8-13-15)14-18(16,17)12-6-4-10(2)5-7-12/h4-9,14H,3H2,1-2H3. The van der Waals surface area contributed by atoms with E-state index in [-0.39, 0.29) is 4.90 Å². The van der Waals surface area contributed by atoms with E-state index >= 15 is 0 Å². The minimum absolute atomic E-state index is 0.248. The maximum Gasteiger partial charge on any atom is 0.261 e. The first-order chi connectivity index (χ1) is 8.51. The summed E-state index contributed by atoms with van der Waals surface area (Å²) in [4.78, 5) is 0.248. The molecule has 2 rings (SSSR count). The Morgan fingerprint density at radius 1 is 1.28 bits per heavy atom. The third-order valence-electron chi connectivity index (χ3n) is 2.54. The van der Waals surface area contributed by atoms with Crippen LogP contribution in [0.5, 0.6) is 0 Å². The van der Waals surface area contributed by atoms with Crippen LogP contribution in [0.25, 0.3) is 0 Å². The average Bonchev–Trinajstić information content (AvgIpc) is 2.76. The lowest BCUT2D eigenvalue weighted by molar-refractivity contribution is 0.601. The molecule has 0 spiro atoms. The summed E-state index contributed by atoms with van der Waals surface area (Å²) in [5.41, 5.74) is 1.49. The van der Waals surface area contributed by atoms with Gasteiger partial charge in [-0.25, -0.2) is 8.42 Å². The Morgan fingerprint density at radius 3 is 2.50 bits per heavy atom. The van der Waals surface area contributed by atoms with E-state index in [1.807, 2.05) is 13.8 Å². The maximum atomic E-state index is 12.1. The van der Waals surface area contributed by atoms with Crippen molar-refractivity contribution in [3.63, 3.8) is 0 Å². The molecule has 0 bridgehead atoms. The van der Waals surface area contributed by atoms with E-state index in [0.29, 0.717) is 12.2 Å². The summed E-state index contributed by atoms with van der Waals surface area (Å²) in [6.45, 7) is 4.55. The summed E-state index contributed by atoms with van der Waals surface area (Å²) < 4.78 is 28.3. The zero-order chi connectivity index (χ0) is 13.2. The molecule has 1 heterocycles. The Morgan fingerprint density at radius 2 is 1.94 bits per heavy atom. The topological polar surface area (TPSA) is 64.0 Å². The number of nitrogens with zero attached hydrogens (tertiary/aromatic N) is 2. The second-order valence-electron chi connectivity index (χ2n) is 4.00. The van der Waals surface area contributed by atoms with Crippen LogP contribution in [-0.4, -0.2) is 18.2 Å². The number of benzene rings is 1. The van der Waals surface area contributed by atoms with E-state index in [1.54, 1.807) is 35.1 Å². The van der Waals surface area contributed by atoms with Gasteiger partial charge in [-0.1, -0.05) is 17.7 Å². The van der Waals surface area contributed by atoms with Crippen LogP contribution < -0.4 is 4.72 Å². The molecule has 0 aliphatic carbocycles. The zero-order valence-electron chi connectivity index (χ0n) is 10.3. The van der Waals surface area contributed by atoms with Gasteiger partial charge in [0.05, 0.1) is 16.8 Å². The summed E-state index contributed by atoms with van der Waals surface area (Å²) in [6, 6.07) is 6.71. The van der Waals surface area contributed by atoms with Gasteiger partial charge in [-0.2, -0.15) is 5.10 Å².